The minimum atomic E-state index is -0.358. The molecule has 0 bridgehead atoms. The van der Waals surface area contributed by atoms with Crippen molar-refractivity contribution in [1.82, 2.24) is 10.2 Å². The number of rotatable bonds is 2. The van der Waals surface area contributed by atoms with Gasteiger partial charge in [0.15, 0.2) is 0 Å². The van der Waals surface area contributed by atoms with Gasteiger partial charge in [0.05, 0.1) is 5.41 Å². The van der Waals surface area contributed by atoms with Crippen LogP contribution in [0.4, 0.5) is 0 Å². The fourth-order valence-corrected chi connectivity index (χ4v) is 7.88. The molecular formula is C36H26N2S. The third-order valence-corrected chi connectivity index (χ3v) is 9.77. The van der Waals surface area contributed by atoms with Crippen molar-refractivity contribution in [1.29, 1.82) is 0 Å². The van der Waals surface area contributed by atoms with E-state index in [1.54, 1.807) is 11.3 Å². The Morgan fingerprint density at radius 3 is 1.64 bits per heavy atom. The molecule has 0 saturated heterocycles. The summed E-state index contributed by atoms with van der Waals surface area (Å²) < 4.78 is 0. The van der Waals surface area contributed by atoms with E-state index in [9.17, 15) is 0 Å². The van der Waals surface area contributed by atoms with Gasteiger partial charge in [-0.25, -0.2) is 0 Å². The van der Waals surface area contributed by atoms with E-state index in [-0.39, 0.29) is 10.8 Å². The van der Waals surface area contributed by atoms with Crippen LogP contribution in [0, 0.1) is 0 Å². The van der Waals surface area contributed by atoms with Crippen molar-refractivity contribution in [3.8, 4) is 32.3 Å². The summed E-state index contributed by atoms with van der Waals surface area (Å²) in [5.41, 5.74) is 12.6. The molecule has 0 amide bonds. The summed E-state index contributed by atoms with van der Waals surface area (Å²) in [4.78, 5) is 0. The first-order chi connectivity index (χ1) is 19.1. The highest BCUT2D eigenvalue weighted by molar-refractivity contribution is 7.17. The molecule has 0 N–H and O–H groups in total. The van der Waals surface area contributed by atoms with E-state index in [1.807, 2.05) is 18.2 Å². The molecule has 0 atom stereocenters. The van der Waals surface area contributed by atoms with Crippen LogP contribution in [0.25, 0.3) is 32.3 Å². The van der Waals surface area contributed by atoms with Gasteiger partial charge in [0.2, 0.25) is 0 Å². The van der Waals surface area contributed by atoms with E-state index in [1.165, 1.54) is 44.5 Å². The molecule has 1 spiro atoms. The van der Waals surface area contributed by atoms with Gasteiger partial charge < -0.3 is 0 Å². The molecule has 0 radical (unpaired) electrons. The third kappa shape index (κ3) is 2.97. The van der Waals surface area contributed by atoms with Crippen LogP contribution in [-0.2, 0) is 10.8 Å². The lowest BCUT2D eigenvalue weighted by Gasteiger charge is -2.46. The Hall–Kier alpha value is -4.34. The summed E-state index contributed by atoms with van der Waals surface area (Å²) in [7, 11) is 0. The van der Waals surface area contributed by atoms with Gasteiger partial charge in [0, 0.05) is 16.5 Å². The second-order valence-electron chi connectivity index (χ2n) is 11.1. The molecule has 1 heterocycles. The molecule has 2 aliphatic rings. The molecule has 1 aromatic heterocycles. The zero-order valence-corrected chi connectivity index (χ0v) is 22.7. The molecule has 0 aliphatic heterocycles. The maximum absolute atomic E-state index is 4.61. The Kier molecular flexibility index (Phi) is 4.69. The van der Waals surface area contributed by atoms with E-state index in [4.69, 9.17) is 0 Å². The number of aromatic nitrogens is 2. The summed E-state index contributed by atoms with van der Waals surface area (Å²) in [6.45, 7) is 4.73. The van der Waals surface area contributed by atoms with E-state index < -0.39 is 0 Å². The Balaban J connectivity index is 1.40. The predicted molar refractivity (Wildman–Crippen MR) is 160 cm³/mol. The van der Waals surface area contributed by atoms with Crippen LogP contribution in [0.3, 0.4) is 0 Å². The molecule has 2 aliphatic carbocycles. The molecule has 0 fully saturated rings. The summed E-state index contributed by atoms with van der Waals surface area (Å²) in [6.07, 6.45) is 0. The van der Waals surface area contributed by atoms with Gasteiger partial charge in [-0.05, 0) is 50.6 Å². The smallest absolute Gasteiger partial charge is 0.138 e. The monoisotopic (exact) mass is 518 g/mol. The highest BCUT2D eigenvalue weighted by Gasteiger charge is 2.53. The average molecular weight is 519 g/mol. The van der Waals surface area contributed by atoms with Crippen LogP contribution in [0.1, 0.15) is 47.2 Å². The molecule has 8 rings (SSSR count). The van der Waals surface area contributed by atoms with Gasteiger partial charge in [-0.1, -0.05) is 140 Å². The van der Waals surface area contributed by atoms with Crippen LogP contribution < -0.4 is 0 Å². The van der Waals surface area contributed by atoms with Crippen LogP contribution >= 0.6 is 11.3 Å². The first-order valence-electron chi connectivity index (χ1n) is 13.4. The Labute approximate surface area is 232 Å². The van der Waals surface area contributed by atoms with Crippen molar-refractivity contribution >= 4 is 11.3 Å². The lowest BCUT2D eigenvalue weighted by atomic mass is 9.55. The van der Waals surface area contributed by atoms with Gasteiger partial charge in [-0.15, -0.1) is 10.2 Å². The first kappa shape index (κ1) is 22.6. The van der Waals surface area contributed by atoms with E-state index in [0.717, 1.165) is 21.1 Å². The largest absolute Gasteiger partial charge is 0.148 e. The summed E-state index contributed by atoms with van der Waals surface area (Å²) in [6, 6.07) is 44.3. The van der Waals surface area contributed by atoms with Gasteiger partial charge in [0.1, 0.15) is 10.0 Å². The number of fused-ring (bicyclic) bond motifs is 9. The van der Waals surface area contributed by atoms with Crippen LogP contribution in [0.5, 0.6) is 0 Å². The Morgan fingerprint density at radius 2 is 0.974 bits per heavy atom. The van der Waals surface area contributed by atoms with Crippen molar-refractivity contribution in [2.75, 3.05) is 0 Å². The van der Waals surface area contributed by atoms with Crippen molar-refractivity contribution in [3.05, 3.63) is 155 Å². The Bertz CT molecular complexity index is 1850. The second-order valence-corrected chi connectivity index (χ2v) is 12.0. The third-order valence-electron chi connectivity index (χ3n) is 8.75. The minimum Gasteiger partial charge on any atom is -0.138 e. The van der Waals surface area contributed by atoms with Gasteiger partial charge in [-0.2, -0.15) is 0 Å². The highest BCUT2D eigenvalue weighted by atomic mass is 32.1. The molecule has 39 heavy (non-hydrogen) atoms. The van der Waals surface area contributed by atoms with Crippen molar-refractivity contribution < 1.29 is 0 Å². The van der Waals surface area contributed by atoms with Crippen LogP contribution in [0.2, 0.25) is 0 Å². The molecule has 6 aromatic rings. The lowest BCUT2D eigenvalue weighted by Crippen LogP contribution is -2.40. The Morgan fingerprint density at radius 1 is 0.462 bits per heavy atom. The normalized spacial score (nSPS) is 15.3. The van der Waals surface area contributed by atoms with Gasteiger partial charge in [0.25, 0.3) is 0 Å². The fraction of sp³-hybridized carbons (Fsp3) is 0.111. The first-order valence-corrected chi connectivity index (χ1v) is 14.3. The minimum absolute atomic E-state index is 0.0868. The SMILES string of the molecule is CC1(C)c2ccccc2C2(c3ccccc3-c3cc(-c4nnc(-c5ccccc5)s4)ccc32)c2ccccc21. The van der Waals surface area contributed by atoms with Gasteiger partial charge in [-0.3, -0.25) is 0 Å². The number of hydrogen-bond donors (Lipinski definition) is 0. The van der Waals surface area contributed by atoms with E-state index in [2.05, 4.69) is 127 Å². The highest BCUT2D eigenvalue weighted by Crippen LogP contribution is 2.62. The molecule has 0 saturated carbocycles. The molecule has 0 unspecified atom stereocenters. The number of hydrogen-bond acceptors (Lipinski definition) is 3. The number of nitrogens with zero attached hydrogens (tertiary/aromatic N) is 2. The zero-order valence-electron chi connectivity index (χ0n) is 21.8. The zero-order chi connectivity index (χ0) is 26.2. The fourth-order valence-electron chi connectivity index (χ4n) is 7.04. The second kappa shape index (κ2) is 8.08. The van der Waals surface area contributed by atoms with Crippen LogP contribution in [0.15, 0.2) is 121 Å². The maximum atomic E-state index is 4.61. The quantitative estimate of drug-likeness (QED) is 0.228. The molecule has 5 aromatic carbocycles. The standard InChI is InChI=1S/C36H26N2S/c1-35(2)29-16-8-10-18-31(29)36(32-19-11-9-17-30(32)35)27-15-7-6-14-25(27)26-22-24(20-21-28(26)36)34-38-37-33(39-34)23-12-4-3-5-13-23/h3-22H,1-2H3. The summed E-state index contributed by atoms with van der Waals surface area (Å²) in [5, 5.41) is 11.0. The molecule has 2 nitrogen and oxygen atoms in total. The van der Waals surface area contributed by atoms with Crippen molar-refractivity contribution in [3.63, 3.8) is 0 Å². The maximum Gasteiger partial charge on any atom is 0.148 e. The number of benzene rings is 5. The van der Waals surface area contributed by atoms with E-state index in [0.29, 0.717) is 0 Å². The van der Waals surface area contributed by atoms with E-state index >= 15 is 0 Å². The molecule has 3 heteroatoms. The topological polar surface area (TPSA) is 25.8 Å². The van der Waals surface area contributed by atoms with Gasteiger partial charge >= 0.3 is 0 Å². The summed E-state index contributed by atoms with van der Waals surface area (Å²) in [5.74, 6) is 0. The molecule has 186 valence electrons. The van der Waals surface area contributed by atoms with Crippen LogP contribution in [-0.4, -0.2) is 10.2 Å². The molecular weight excluding hydrogens is 492 g/mol. The summed E-state index contributed by atoms with van der Waals surface area (Å²) >= 11 is 1.65. The average Bonchev–Trinajstić information content (AvgIpc) is 3.59. The van der Waals surface area contributed by atoms with Crippen molar-refractivity contribution in [2.45, 2.75) is 24.7 Å². The predicted octanol–water partition coefficient (Wildman–Crippen LogP) is 8.87. The lowest BCUT2D eigenvalue weighted by molar-refractivity contribution is 0.563. The van der Waals surface area contributed by atoms with Crippen molar-refractivity contribution in [2.24, 2.45) is 0 Å².